The van der Waals surface area contributed by atoms with Crippen molar-refractivity contribution in [2.45, 2.75) is 57.5 Å². The number of amides is 2. The van der Waals surface area contributed by atoms with E-state index in [1.165, 1.54) is 31.5 Å². The van der Waals surface area contributed by atoms with Gasteiger partial charge in [0, 0.05) is 18.2 Å². The van der Waals surface area contributed by atoms with Crippen molar-refractivity contribution in [3.05, 3.63) is 29.8 Å². The minimum absolute atomic E-state index is 0.180. The molecule has 3 rings (SSSR count). The number of hydrogen-bond donors (Lipinski definition) is 2. The summed E-state index contributed by atoms with van der Waals surface area (Å²) in [4.78, 5) is 25.5. The number of hydrogen-bond acceptors (Lipinski definition) is 4. The van der Waals surface area contributed by atoms with Gasteiger partial charge in [0.15, 0.2) is 0 Å². The van der Waals surface area contributed by atoms with Crippen molar-refractivity contribution in [3.63, 3.8) is 0 Å². The molecule has 2 aliphatic rings. The Bertz CT molecular complexity index is 589. The number of likely N-dealkylation sites (tertiary alicyclic amines) is 1. The molecule has 0 spiro atoms. The van der Waals surface area contributed by atoms with Crippen LogP contribution in [-0.4, -0.2) is 41.9 Å². The van der Waals surface area contributed by atoms with Crippen LogP contribution in [0, 0.1) is 0 Å². The molecule has 0 bridgehead atoms. The number of benzene rings is 1. The fraction of sp³-hybridized carbons (Fsp3) is 0.579. The summed E-state index contributed by atoms with van der Waals surface area (Å²) in [6.07, 6.45) is 3.37. The summed E-state index contributed by atoms with van der Waals surface area (Å²) < 4.78 is 0. The number of carbonyl (C=O) groups is 2. The van der Waals surface area contributed by atoms with Gasteiger partial charge in [0.25, 0.3) is 0 Å². The predicted molar refractivity (Wildman–Crippen MR) is 94.9 cm³/mol. The van der Waals surface area contributed by atoms with Crippen LogP contribution in [0.1, 0.15) is 51.0 Å². The van der Waals surface area contributed by atoms with Gasteiger partial charge < -0.3 is 10.2 Å². The normalized spacial score (nSPS) is 23.4. The third-order valence-electron chi connectivity index (χ3n) is 5.22. The number of anilines is 1. The van der Waals surface area contributed by atoms with Crippen molar-refractivity contribution in [2.24, 2.45) is 0 Å². The molecule has 2 aliphatic heterocycles. The molecule has 1 aromatic carbocycles. The Balaban J connectivity index is 1.56. The predicted octanol–water partition coefficient (Wildman–Crippen LogP) is 2.49. The van der Waals surface area contributed by atoms with Gasteiger partial charge in [0.05, 0.1) is 0 Å². The van der Waals surface area contributed by atoms with E-state index in [2.05, 4.69) is 41.5 Å². The lowest BCUT2D eigenvalue weighted by atomic mass is 9.89. The number of piperidine rings is 2. The highest BCUT2D eigenvalue weighted by molar-refractivity contribution is 6.01. The fourth-order valence-corrected chi connectivity index (χ4v) is 3.63. The summed E-state index contributed by atoms with van der Waals surface area (Å²) in [7, 11) is 0. The summed E-state index contributed by atoms with van der Waals surface area (Å²) in [5.41, 5.74) is 2.32. The number of carbonyl (C=O) groups excluding carboxylic acids is 2. The first-order valence-corrected chi connectivity index (χ1v) is 8.97. The standard InChI is InChI=1S/C19H27N3O2/c1-13(2)22-11-9-15(10-12-22)14-3-5-16(6-4-14)20-17-7-8-18(23)21-19(17)24/h3-6,13,15,17,20H,7-12H2,1-2H3,(H,21,23,24)/t17-/m0/s1. The van der Waals surface area contributed by atoms with E-state index in [0.717, 1.165) is 5.69 Å². The van der Waals surface area contributed by atoms with Gasteiger partial charge in [-0.15, -0.1) is 0 Å². The summed E-state index contributed by atoms with van der Waals surface area (Å²) in [6, 6.07) is 8.75. The quantitative estimate of drug-likeness (QED) is 0.833. The molecule has 130 valence electrons. The van der Waals surface area contributed by atoms with Gasteiger partial charge in [0.2, 0.25) is 11.8 Å². The van der Waals surface area contributed by atoms with Gasteiger partial charge in [-0.2, -0.15) is 0 Å². The highest BCUT2D eigenvalue weighted by Gasteiger charge is 2.26. The lowest BCUT2D eigenvalue weighted by molar-refractivity contribution is -0.133. The topological polar surface area (TPSA) is 61.4 Å². The summed E-state index contributed by atoms with van der Waals surface area (Å²) in [5, 5.41) is 5.61. The van der Waals surface area contributed by atoms with Crippen LogP contribution in [0.2, 0.25) is 0 Å². The SMILES string of the molecule is CC(C)N1CCC(c2ccc(N[C@H]3CCC(=O)NC3=O)cc2)CC1. The Morgan fingerprint density at radius 3 is 2.33 bits per heavy atom. The zero-order valence-electron chi connectivity index (χ0n) is 14.5. The van der Waals surface area contributed by atoms with Crippen LogP contribution >= 0.6 is 0 Å². The molecule has 0 unspecified atom stereocenters. The molecular weight excluding hydrogens is 302 g/mol. The molecule has 0 aliphatic carbocycles. The van der Waals surface area contributed by atoms with E-state index in [1.807, 2.05) is 12.1 Å². The number of rotatable bonds is 4. The zero-order chi connectivity index (χ0) is 17.1. The zero-order valence-corrected chi connectivity index (χ0v) is 14.5. The van der Waals surface area contributed by atoms with Crippen molar-refractivity contribution < 1.29 is 9.59 Å². The second kappa shape index (κ2) is 7.34. The van der Waals surface area contributed by atoms with E-state index >= 15 is 0 Å². The van der Waals surface area contributed by atoms with Gasteiger partial charge >= 0.3 is 0 Å². The maximum absolute atomic E-state index is 11.8. The molecule has 24 heavy (non-hydrogen) atoms. The second-order valence-electron chi connectivity index (χ2n) is 7.17. The molecule has 0 aromatic heterocycles. The molecule has 1 atom stereocenters. The van der Waals surface area contributed by atoms with Gasteiger partial charge in [-0.25, -0.2) is 0 Å². The van der Waals surface area contributed by atoms with E-state index in [1.54, 1.807) is 0 Å². The Morgan fingerprint density at radius 2 is 1.75 bits per heavy atom. The van der Waals surface area contributed by atoms with Crippen LogP contribution in [0.15, 0.2) is 24.3 Å². The van der Waals surface area contributed by atoms with Crippen molar-refractivity contribution >= 4 is 17.5 Å². The van der Waals surface area contributed by atoms with E-state index in [9.17, 15) is 9.59 Å². The molecular formula is C19H27N3O2. The van der Waals surface area contributed by atoms with E-state index in [-0.39, 0.29) is 17.9 Å². The molecule has 1 aromatic rings. The number of nitrogens with zero attached hydrogens (tertiary/aromatic N) is 1. The van der Waals surface area contributed by atoms with Crippen molar-refractivity contribution in [2.75, 3.05) is 18.4 Å². The molecule has 2 N–H and O–H groups in total. The average molecular weight is 329 g/mol. The van der Waals surface area contributed by atoms with E-state index < -0.39 is 0 Å². The van der Waals surface area contributed by atoms with Gasteiger partial charge in [-0.05, 0) is 69.8 Å². The lowest BCUT2D eigenvalue weighted by Gasteiger charge is -2.34. The summed E-state index contributed by atoms with van der Waals surface area (Å²) in [6.45, 7) is 6.85. The number of imide groups is 1. The molecule has 0 radical (unpaired) electrons. The Labute approximate surface area is 143 Å². The summed E-state index contributed by atoms with van der Waals surface area (Å²) in [5.74, 6) is 0.224. The molecule has 2 fully saturated rings. The van der Waals surface area contributed by atoms with E-state index in [0.29, 0.717) is 24.8 Å². The van der Waals surface area contributed by atoms with Gasteiger partial charge in [-0.3, -0.25) is 14.9 Å². The Morgan fingerprint density at radius 1 is 1.08 bits per heavy atom. The van der Waals surface area contributed by atoms with Crippen molar-refractivity contribution in [1.82, 2.24) is 10.2 Å². The third kappa shape index (κ3) is 3.96. The van der Waals surface area contributed by atoms with Crippen LogP contribution in [0.25, 0.3) is 0 Å². The first-order valence-electron chi connectivity index (χ1n) is 8.97. The third-order valence-corrected chi connectivity index (χ3v) is 5.22. The van der Waals surface area contributed by atoms with E-state index in [4.69, 9.17) is 0 Å². The molecule has 0 saturated carbocycles. The molecule has 5 heteroatoms. The smallest absolute Gasteiger partial charge is 0.249 e. The van der Waals surface area contributed by atoms with Crippen molar-refractivity contribution in [3.8, 4) is 0 Å². The lowest BCUT2D eigenvalue weighted by Crippen LogP contribution is -2.47. The highest BCUT2D eigenvalue weighted by Crippen LogP contribution is 2.29. The maximum atomic E-state index is 11.8. The van der Waals surface area contributed by atoms with Crippen LogP contribution in [0.3, 0.4) is 0 Å². The molecule has 2 saturated heterocycles. The van der Waals surface area contributed by atoms with Crippen molar-refractivity contribution in [1.29, 1.82) is 0 Å². The Kier molecular flexibility index (Phi) is 5.19. The molecule has 5 nitrogen and oxygen atoms in total. The highest BCUT2D eigenvalue weighted by atomic mass is 16.2. The number of nitrogens with one attached hydrogen (secondary N) is 2. The van der Waals surface area contributed by atoms with Crippen LogP contribution in [0.4, 0.5) is 5.69 Å². The minimum atomic E-state index is -0.317. The Hall–Kier alpha value is -1.88. The second-order valence-corrected chi connectivity index (χ2v) is 7.17. The maximum Gasteiger partial charge on any atom is 0.249 e. The largest absolute Gasteiger partial charge is 0.374 e. The van der Waals surface area contributed by atoms with Gasteiger partial charge in [0.1, 0.15) is 6.04 Å². The van der Waals surface area contributed by atoms with Gasteiger partial charge in [-0.1, -0.05) is 12.1 Å². The first-order chi connectivity index (χ1) is 11.5. The average Bonchev–Trinajstić information content (AvgIpc) is 2.58. The first kappa shape index (κ1) is 17.0. The fourth-order valence-electron chi connectivity index (χ4n) is 3.63. The van der Waals surface area contributed by atoms with Crippen LogP contribution in [-0.2, 0) is 9.59 Å². The minimum Gasteiger partial charge on any atom is -0.374 e. The molecule has 2 amide bonds. The van der Waals surface area contributed by atoms with Crippen LogP contribution in [0.5, 0.6) is 0 Å². The monoisotopic (exact) mass is 329 g/mol. The summed E-state index contributed by atoms with van der Waals surface area (Å²) >= 11 is 0. The van der Waals surface area contributed by atoms with Crippen LogP contribution < -0.4 is 10.6 Å². The molecule has 2 heterocycles.